The Hall–Kier alpha value is -2.90. The number of alkyl halides is 3. The van der Waals surface area contributed by atoms with Crippen LogP contribution in [-0.2, 0) is 0 Å². The smallest absolute Gasteiger partial charge is 0.383 e. The molecule has 8 heteroatoms. The maximum Gasteiger partial charge on any atom is 0.408 e. The molecule has 0 saturated heterocycles. The van der Waals surface area contributed by atoms with E-state index in [1.165, 1.54) is 6.20 Å². The summed E-state index contributed by atoms with van der Waals surface area (Å²) in [6.07, 6.45) is 1.67. The number of hydrogen-bond acceptors (Lipinski definition) is 5. The quantitative estimate of drug-likeness (QED) is 0.712. The number of hydrogen-bond donors (Lipinski definition) is 2. The number of nitrogens with zero attached hydrogens (tertiary/aromatic N) is 3. The Morgan fingerprint density at radius 1 is 1.22 bits per heavy atom. The van der Waals surface area contributed by atoms with Crippen LogP contribution in [-0.4, -0.2) is 27.2 Å². The second kappa shape index (κ2) is 6.37. The third kappa shape index (κ3) is 3.51. The number of aryl methyl sites for hydroxylation is 1. The molecule has 3 heterocycles. The lowest BCUT2D eigenvalue weighted by Gasteiger charge is -2.22. The number of nitrogens with one attached hydrogen (secondary N) is 1. The van der Waals surface area contributed by atoms with Gasteiger partial charge in [0.1, 0.15) is 17.7 Å². The van der Waals surface area contributed by atoms with Crippen LogP contribution in [0.1, 0.15) is 18.4 Å². The van der Waals surface area contributed by atoms with Gasteiger partial charge in [0.05, 0.1) is 5.69 Å². The van der Waals surface area contributed by atoms with E-state index in [0.717, 1.165) is 11.1 Å². The van der Waals surface area contributed by atoms with E-state index in [4.69, 9.17) is 5.73 Å². The van der Waals surface area contributed by atoms with E-state index in [1.807, 2.05) is 13.0 Å². The summed E-state index contributed by atoms with van der Waals surface area (Å²) in [5.41, 5.74) is 8.48. The van der Waals surface area contributed by atoms with Gasteiger partial charge in [-0.15, -0.1) is 0 Å². The lowest BCUT2D eigenvalue weighted by molar-refractivity contribution is -0.146. The van der Waals surface area contributed by atoms with E-state index >= 15 is 0 Å². The standard InChI is InChI=1S/C19H18F3N5/c1-10-4-5-24-8-13(10)15-6-12-7-16(25-9-14(12)18(23)26-15)27-17(11-2-3-11)19(20,21)22/h4-9,11,17H,2-3H2,1H3,(H2,23,26)(H,25,27)/t17-/m1/s1. The molecular weight excluding hydrogens is 355 g/mol. The SMILES string of the molecule is Cc1ccncc1-c1cc2cc(N[C@H](C3CC3)C(F)(F)F)ncc2c(N)n1. The van der Waals surface area contributed by atoms with Gasteiger partial charge >= 0.3 is 6.18 Å². The highest BCUT2D eigenvalue weighted by atomic mass is 19.4. The van der Waals surface area contributed by atoms with Crippen molar-refractivity contribution in [1.82, 2.24) is 15.0 Å². The molecule has 0 amide bonds. The number of rotatable bonds is 4. The zero-order chi connectivity index (χ0) is 19.2. The van der Waals surface area contributed by atoms with Crippen LogP contribution in [0, 0.1) is 12.8 Å². The van der Waals surface area contributed by atoms with E-state index < -0.39 is 18.1 Å². The largest absolute Gasteiger partial charge is 0.408 e. The first kappa shape index (κ1) is 17.5. The first-order valence-corrected chi connectivity index (χ1v) is 8.63. The highest BCUT2D eigenvalue weighted by Crippen LogP contribution is 2.41. The summed E-state index contributed by atoms with van der Waals surface area (Å²) < 4.78 is 39.8. The van der Waals surface area contributed by atoms with Gasteiger partial charge in [-0.1, -0.05) is 0 Å². The summed E-state index contributed by atoms with van der Waals surface area (Å²) in [6, 6.07) is 3.66. The molecule has 3 N–H and O–H groups in total. The van der Waals surface area contributed by atoms with Crippen LogP contribution < -0.4 is 11.1 Å². The average Bonchev–Trinajstić information content (AvgIpc) is 3.43. The maximum atomic E-state index is 13.3. The van der Waals surface area contributed by atoms with Crippen molar-refractivity contribution < 1.29 is 13.2 Å². The molecule has 4 rings (SSSR count). The summed E-state index contributed by atoms with van der Waals surface area (Å²) in [5.74, 6) is 0.0640. The molecule has 3 aromatic heterocycles. The lowest BCUT2D eigenvalue weighted by atomic mass is 10.1. The normalized spacial score (nSPS) is 15.7. The number of nitrogens with two attached hydrogens (primary N) is 1. The third-order valence-corrected chi connectivity index (χ3v) is 4.81. The number of halogens is 3. The van der Waals surface area contributed by atoms with Crippen molar-refractivity contribution in [2.45, 2.75) is 32.0 Å². The molecule has 1 fully saturated rings. The number of pyridine rings is 3. The highest BCUT2D eigenvalue weighted by Gasteiger charge is 2.49. The van der Waals surface area contributed by atoms with Crippen molar-refractivity contribution in [3.05, 3.63) is 42.4 Å². The molecule has 1 saturated carbocycles. The molecule has 0 radical (unpaired) electrons. The molecule has 0 unspecified atom stereocenters. The summed E-state index contributed by atoms with van der Waals surface area (Å²) in [7, 11) is 0. The van der Waals surface area contributed by atoms with E-state index in [9.17, 15) is 13.2 Å². The van der Waals surface area contributed by atoms with Gasteiger partial charge in [0, 0.05) is 29.5 Å². The van der Waals surface area contributed by atoms with Crippen LogP contribution >= 0.6 is 0 Å². The van der Waals surface area contributed by atoms with Gasteiger partial charge in [-0.25, -0.2) is 9.97 Å². The molecule has 0 aliphatic heterocycles. The molecule has 5 nitrogen and oxygen atoms in total. The van der Waals surface area contributed by atoms with Gasteiger partial charge < -0.3 is 11.1 Å². The zero-order valence-electron chi connectivity index (χ0n) is 14.6. The Kier molecular flexibility index (Phi) is 4.13. The van der Waals surface area contributed by atoms with Crippen molar-refractivity contribution in [2.75, 3.05) is 11.1 Å². The van der Waals surface area contributed by atoms with Gasteiger partial charge in [-0.3, -0.25) is 4.98 Å². The number of nitrogen functional groups attached to an aromatic ring is 1. The molecule has 27 heavy (non-hydrogen) atoms. The third-order valence-electron chi connectivity index (χ3n) is 4.81. The predicted molar refractivity (Wildman–Crippen MR) is 98.1 cm³/mol. The summed E-state index contributed by atoms with van der Waals surface area (Å²) in [5, 5.41) is 3.83. The van der Waals surface area contributed by atoms with E-state index in [-0.39, 0.29) is 11.6 Å². The van der Waals surface area contributed by atoms with Crippen molar-refractivity contribution >= 4 is 22.4 Å². The summed E-state index contributed by atoms with van der Waals surface area (Å²) >= 11 is 0. The molecular formula is C19H18F3N5. The average molecular weight is 373 g/mol. The minimum Gasteiger partial charge on any atom is -0.383 e. The highest BCUT2D eigenvalue weighted by molar-refractivity contribution is 5.94. The number of fused-ring (bicyclic) bond motifs is 1. The van der Waals surface area contributed by atoms with Gasteiger partial charge in [0.25, 0.3) is 0 Å². The summed E-state index contributed by atoms with van der Waals surface area (Å²) in [6.45, 7) is 1.93. The first-order chi connectivity index (χ1) is 12.8. The van der Waals surface area contributed by atoms with Gasteiger partial charge in [-0.05, 0) is 54.8 Å². The van der Waals surface area contributed by atoms with Crippen LogP contribution in [0.4, 0.5) is 24.8 Å². The van der Waals surface area contributed by atoms with Crippen LogP contribution in [0.25, 0.3) is 22.0 Å². The Morgan fingerprint density at radius 3 is 2.67 bits per heavy atom. The summed E-state index contributed by atoms with van der Waals surface area (Å²) in [4.78, 5) is 12.6. The second-order valence-corrected chi connectivity index (χ2v) is 6.88. The molecule has 3 aromatic rings. The Bertz CT molecular complexity index is 998. The van der Waals surface area contributed by atoms with Crippen molar-refractivity contribution in [2.24, 2.45) is 5.92 Å². The van der Waals surface area contributed by atoms with E-state index in [2.05, 4.69) is 20.3 Å². The fraction of sp³-hybridized carbons (Fsp3) is 0.316. The van der Waals surface area contributed by atoms with Gasteiger partial charge in [0.15, 0.2) is 0 Å². The van der Waals surface area contributed by atoms with Crippen molar-refractivity contribution in [3.8, 4) is 11.3 Å². The fourth-order valence-electron chi connectivity index (χ4n) is 3.18. The van der Waals surface area contributed by atoms with Crippen LogP contribution in [0.5, 0.6) is 0 Å². The number of anilines is 2. The minimum absolute atomic E-state index is 0.177. The zero-order valence-corrected chi connectivity index (χ0v) is 14.6. The second-order valence-electron chi connectivity index (χ2n) is 6.88. The number of aromatic nitrogens is 3. The Labute approximate surface area is 153 Å². The monoisotopic (exact) mass is 373 g/mol. The predicted octanol–water partition coefficient (Wildman–Crippen LogP) is 4.34. The Balaban J connectivity index is 1.74. The van der Waals surface area contributed by atoms with E-state index in [1.54, 1.807) is 24.5 Å². The molecule has 140 valence electrons. The van der Waals surface area contributed by atoms with Gasteiger partial charge in [0.2, 0.25) is 0 Å². The molecule has 1 atom stereocenters. The molecule has 0 bridgehead atoms. The topological polar surface area (TPSA) is 76.7 Å². The molecule has 1 aliphatic rings. The fourth-order valence-corrected chi connectivity index (χ4v) is 3.18. The molecule has 0 aromatic carbocycles. The van der Waals surface area contributed by atoms with Crippen molar-refractivity contribution in [1.29, 1.82) is 0 Å². The Morgan fingerprint density at radius 2 is 2.00 bits per heavy atom. The van der Waals surface area contributed by atoms with Crippen molar-refractivity contribution in [3.63, 3.8) is 0 Å². The minimum atomic E-state index is -4.31. The van der Waals surface area contributed by atoms with Crippen LogP contribution in [0.15, 0.2) is 36.8 Å². The van der Waals surface area contributed by atoms with Gasteiger partial charge in [-0.2, -0.15) is 13.2 Å². The molecule has 1 aliphatic carbocycles. The molecule has 0 spiro atoms. The maximum absolute atomic E-state index is 13.3. The first-order valence-electron chi connectivity index (χ1n) is 8.63. The lowest BCUT2D eigenvalue weighted by Crippen LogP contribution is -2.38. The van der Waals surface area contributed by atoms with Crippen LogP contribution in [0.2, 0.25) is 0 Å². The van der Waals surface area contributed by atoms with Crippen LogP contribution in [0.3, 0.4) is 0 Å². The van der Waals surface area contributed by atoms with E-state index in [0.29, 0.717) is 29.3 Å².